The van der Waals surface area contributed by atoms with Gasteiger partial charge in [0, 0.05) is 12.6 Å². The van der Waals surface area contributed by atoms with Crippen molar-refractivity contribution in [3.05, 3.63) is 47.3 Å². The minimum atomic E-state index is -0.351. The van der Waals surface area contributed by atoms with Crippen molar-refractivity contribution in [3.63, 3.8) is 0 Å². The number of aromatic nitrogens is 2. The summed E-state index contributed by atoms with van der Waals surface area (Å²) in [7, 11) is 0. The number of hydrogen-bond acceptors (Lipinski definition) is 4. The molecule has 0 aliphatic heterocycles. The highest BCUT2D eigenvalue weighted by molar-refractivity contribution is 8.00. The Bertz CT molecular complexity index is 924. The van der Waals surface area contributed by atoms with Gasteiger partial charge in [0.15, 0.2) is 5.16 Å². The first-order chi connectivity index (χ1) is 13.4. The molecule has 0 spiro atoms. The van der Waals surface area contributed by atoms with Crippen molar-refractivity contribution in [3.8, 4) is 0 Å². The molecule has 1 aliphatic carbocycles. The lowest BCUT2D eigenvalue weighted by molar-refractivity contribution is -0.120. The average Bonchev–Trinajstić information content (AvgIpc) is 2.69. The Morgan fingerprint density at radius 1 is 1.39 bits per heavy atom. The molecule has 28 heavy (non-hydrogen) atoms. The van der Waals surface area contributed by atoms with E-state index in [2.05, 4.69) is 25.7 Å². The molecule has 1 heterocycles. The summed E-state index contributed by atoms with van der Waals surface area (Å²) in [5, 5.41) is 3.75. The van der Waals surface area contributed by atoms with Gasteiger partial charge < -0.3 is 5.32 Å². The van der Waals surface area contributed by atoms with Crippen LogP contribution in [0.2, 0.25) is 0 Å². The van der Waals surface area contributed by atoms with Crippen LogP contribution in [0.25, 0.3) is 10.9 Å². The molecular formula is C22H29N3O2S. The zero-order valence-electron chi connectivity index (χ0n) is 16.9. The van der Waals surface area contributed by atoms with E-state index in [-0.39, 0.29) is 22.8 Å². The molecule has 1 fully saturated rings. The van der Waals surface area contributed by atoms with Crippen LogP contribution >= 0.6 is 11.8 Å². The fraction of sp³-hybridized carbons (Fsp3) is 0.500. The smallest absolute Gasteiger partial charge is 0.262 e. The lowest BCUT2D eigenvalue weighted by Crippen LogP contribution is -2.36. The summed E-state index contributed by atoms with van der Waals surface area (Å²) >= 11 is 1.36. The zero-order chi connectivity index (χ0) is 20.3. The maximum atomic E-state index is 13.4. The Morgan fingerprint density at radius 2 is 2.14 bits per heavy atom. The molecule has 5 nitrogen and oxygen atoms in total. The van der Waals surface area contributed by atoms with E-state index in [1.165, 1.54) is 18.2 Å². The monoisotopic (exact) mass is 399 g/mol. The summed E-state index contributed by atoms with van der Waals surface area (Å²) in [6, 6.07) is 7.58. The van der Waals surface area contributed by atoms with E-state index in [1.807, 2.05) is 35.8 Å². The van der Waals surface area contributed by atoms with Crippen LogP contribution in [0.3, 0.4) is 0 Å². The van der Waals surface area contributed by atoms with Crippen LogP contribution in [-0.2, 0) is 4.79 Å². The van der Waals surface area contributed by atoms with E-state index in [9.17, 15) is 9.59 Å². The quantitative estimate of drug-likeness (QED) is 0.450. The predicted octanol–water partition coefficient (Wildman–Crippen LogP) is 4.18. The van der Waals surface area contributed by atoms with Crippen molar-refractivity contribution in [1.82, 2.24) is 14.9 Å². The molecule has 4 atom stereocenters. The first-order valence-electron chi connectivity index (χ1n) is 10.0. The third-order valence-corrected chi connectivity index (χ3v) is 6.91. The number of nitrogens with zero attached hydrogens (tertiary/aromatic N) is 2. The van der Waals surface area contributed by atoms with Gasteiger partial charge in [0.2, 0.25) is 5.91 Å². The van der Waals surface area contributed by atoms with Crippen molar-refractivity contribution in [1.29, 1.82) is 0 Å². The highest BCUT2D eigenvalue weighted by atomic mass is 32.2. The van der Waals surface area contributed by atoms with Crippen molar-refractivity contribution < 1.29 is 4.79 Å². The van der Waals surface area contributed by atoms with Gasteiger partial charge in [-0.2, -0.15) is 0 Å². The van der Waals surface area contributed by atoms with Crippen LogP contribution in [0.4, 0.5) is 0 Å². The van der Waals surface area contributed by atoms with Crippen LogP contribution in [0.5, 0.6) is 0 Å². The van der Waals surface area contributed by atoms with E-state index in [4.69, 9.17) is 4.98 Å². The van der Waals surface area contributed by atoms with Gasteiger partial charge >= 0.3 is 0 Å². The van der Waals surface area contributed by atoms with E-state index in [1.54, 1.807) is 6.08 Å². The first-order valence-corrected chi connectivity index (χ1v) is 10.9. The van der Waals surface area contributed by atoms with Gasteiger partial charge in [-0.3, -0.25) is 14.2 Å². The fourth-order valence-electron chi connectivity index (χ4n) is 3.95. The third-order valence-electron chi connectivity index (χ3n) is 5.84. The van der Waals surface area contributed by atoms with Crippen molar-refractivity contribution in [2.24, 2.45) is 11.8 Å². The van der Waals surface area contributed by atoms with Crippen LogP contribution in [0.15, 0.2) is 46.9 Å². The Kier molecular flexibility index (Phi) is 6.60. The number of rotatable bonds is 6. The SMILES string of the molecule is C=CCNC(=O)[C@H](C)Sc1nc2ccccc2c(=O)n1[C@H]1CCC[C@H](C)[C@H]1C. The molecule has 3 rings (SSSR count). The van der Waals surface area contributed by atoms with Gasteiger partial charge in [-0.15, -0.1) is 6.58 Å². The topological polar surface area (TPSA) is 64.0 Å². The molecule has 2 aromatic rings. The molecule has 1 N–H and O–H groups in total. The van der Waals surface area contributed by atoms with Gasteiger partial charge in [0.05, 0.1) is 16.2 Å². The van der Waals surface area contributed by atoms with Gasteiger partial charge in [0.1, 0.15) is 0 Å². The Balaban J connectivity index is 2.05. The maximum absolute atomic E-state index is 13.4. The summed E-state index contributed by atoms with van der Waals surface area (Å²) < 4.78 is 1.87. The van der Waals surface area contributed by atoms with Gasteiger partial charge in [0.25, 0.3) is 5.56 Å². The summed E-state index contributed by atoms with van der Waals surface area (Å²) in [4.78, 5) is 30.6. The van der Waals surface area contributed by atoms with Crippen molar-refractivity contribution in [2.75, 3.05) is 6.54 Å². The summed E-state index contributed by atoms with van der Waals surface area (Å²) in [6.45, 7) is 10.4. The number of fused-ring (bicyclic) bond motifs is 1. The van der Waals surface area contributed by atoms with Crippen molar-refractivity contribution in [2.45, 2.75) is 56.5 Å². The third kappa shape index (κ3) is 4.17. The number of nitrogens with one attached hydrogen (secondary N) is 1. The molecular weight excluding hydrogens is 370 g/mol. The van der Waals surface area contributed by atoms with E-state index < -0.39 is 0 Å². The van der Waals surface area contributed by atoms with Crippen LogP contribution in [0, 0.1) is 11.8 Å². The van der Waals surface area contributed by atoms with Gasteiger partial charge in [-0.05, 0) is 37.3 Å². The zero-order valence-corrected chi connectivity index (χ0v) is 17.7. The predicted molar refractivity (Wildman–Crippen MR) is 116 cm³/mol. The normalized spacial score (nSPS) is 23.3. The largest absolute Gasteiger partial charge is 0.352 e. The van der Waals surface area contributed by atoms with Crippen LogP contribution in [0.1, 0.15) is 46.1 Å². The van der Waals surface area contributed by atoms with Crippen LogP contribution < -0.4 is 10.9 Å². The van der Waals surface area contributed by atoms with Crippen LogP contribution in [-0.4, -0.2) is 27.3 Å². The molecule has 150 valence electrons. The van der Waals surface area contributed by atoms with Gasteiger partial charge in [-0.25, -0.2) is 4.98 Å². The molecule has 0 radical (unpaired) electrons. The Labute approximate surface area is 170 Å². The molecule has 6 heteroatoms. The number of amides is 1. The fourth-order valence-corrected chi connectivity index (χ4v) is 4.94. The maximum Gasteiger partial charge on any atom is 0.262 e. The number of carbonyl (C=O) groups excluding carboxylic acids is 1. The molecule has 1 saturated carbocycles. The molecule has 1 aromatic heterocycles. The molecule has 0 saturated heterocycles. The second kappa shape index (κ2) is 8.95. The lowest BCUT2D eigenvalue weighted by atomic mass is 9.78. The molecule has 0 bridgehead atoms. The number of benzene rings is 1. The molecule has 1 amide bonds. The standard InChI is InChI=1S/C22H29N3O2S/c1-5-13-23-20(26)16(4)28-22-24-18-11-7-6-10-17(18)21(27)25(22)19-12-8-9-14(2)15(19)3/h5-7,10-11,14-16,19H,1,8-9,12-13H2,2-4H3,(H,23,26)/t14-,15+,16-,19-/m0/s1. The highest BCUT2D eigenvalue weighted by Gasteiger charge is 2.32. The van der Waals surface area contributed by atoms with E-state index in [0.29, 0.717) is 34.4 Å². The number of para-hydroxylation sites is 1. The molecule has 1 aliphatic rings. The Morgan fingerprint density at radius 3 is 2.89 bits per heavy atom. The molecule has 0 unspecified atom stereocenters. The van der Waals surface area contributed by atoms with E-state index in [0.717, 1.165) is 12.8 Å². The molecule has 1 aromatic carbocycles. The summed E-state index contributed by atoms with van der Waals surface area (Å²) in [6.07, 6.45) is 4.92. The number of hydrogen-bond donors (Lipinski definition) is 1. The average molecular weight is 400 g/mol. The van der Waals surface area contributed by atoms with E-state index >= 15 is 0 Å². The highest BCUT2D eigenvalue weighted by Crippen LogP contribution is 2.39. The second-order valence-electron chi connectivity index (χ2n) is 7.72. The first kappa shape index (κ1) is 20.6. The van der Waals surface area contributed by atoms with Crippen molar-refractivity contribution >= 4 is 28.6 Å². The summed E-state index contributed by atoms with van der Waals surface area (Å²) in [5.41, 5.74) is 0.680. The minimum Gasteiger partial charge on any atom is -0.352 e. The van der Waals surface area contributed by atoms with Gasteiger partial charge in [-0.1, -0.05) is 56.7 Å². The second-order valence-corrected chi connectivity index (χ2v) is 9.02. The minimum absolute atomic E-state index is 0.00208. The number of thioether (sulfide) groups is 1. The summed E-state index contributed by atoms with van der Waals surface area (Å²) in [5.74, 6) is 0.867. The lowest BCUT2D eigenvalue weighted by Gasteiger charge is -2.36. The Hall–Kier alpha value is -2.08. The number of carbonyl (C=O) groups is 1.